The molecule has 0 saturated heterocycles. The van der Waals surface area contributed by atoms with Gasteiger partial charge in [-0.15, -0.1) is 0 Å². The molecule has 0 heterocycles. The molecule has 2 N–H and O–H groups in total. The van der Waals surface area contributed by atoms with E-state index < -0.39 is 0 Å². The molecule has 0 radical (unpaired) electrons. The van der Waals surface area contributed by atoms with Crippen molar-refractivity contribution in [3.8, 4) is 0 Å². The predicted molar refractivity (Wildman–Crippen MR) is 37.1 cm³/mol. The van der Waals surface area contributed by atoms with Crippen LogP contribution in [0.4, 0.5) is 0 Å². The van der Waals surface area contributed by atoms with Gasteiger partial charge in [-0.2, -0.15) is 0 Å². The minimum atomic E-state index is -0.282. The zero-order valence-electron chi connectivity index (χ0n) is 6.39. The standard InChI is InChI=1S/C6H12N2O2/c1-4(7-5(2)9)8-6(3)10/h4H,1-3H3,(H,7,9)(H,8,10). The summed E-state index contributed by atoms with van der Waals surface area (Å²) < 4.78 is 0. The summed E-state index contributed by atoms with van der Waals surface area (Å²) in [4.78, 5) is 20.7. The van der Waals surface area contributed by atoms with Crippen molar-refractivity contribution in [2.24, 2.45) is 0 Å². The molecule has 0 aliphatic carbocycles. The van der Waals surface area contributed by atoms with Crippen molar-refractivity contribution in [1.82, 2.24) is 10.6 Å². The van der Waals surface area contributed by atoms with Gasteiger partial charge in [-0.25, -0.2) is 0 Å². The Kier molecular flexibility index (Phi) is 3.46. The van der Waals surface area contributed by atoms with Crippen molar-refractivity contribution >= 4 is 11.8 Å². The van der Waals surface area contributed by atoms with Crippen molar-refractivity contribution in [2.75, 3.05) is 0 Å². The SMILES string of the molecule is CC(=O)NC(C)NC(C)=O. The summed E-state index contributed by atoms with van der Waals surface area (Å²) in [6.07, 6.45) is -0.282. The summed E-state index contributed by atoms with van der Waals surface area (Å²) in [6, 6.07) is 0. The molecule has 0 fully saturated rings. The summed E-state index contributed by atoms with van der Waals surface area (Å²) in [7, 11) is 0. The zero-order valence-corrected chi connectivity index (χ0v) is 6.39. The van der Waals surface area contributed by atoms with Crippen molar-refractivity contribution in [1.29, 1.82) is 0 Å². The van der Waals surface area contributed by atoms with E-state index in [0.717, 1.165) is 0 Å². The molecule has 0 aliphatic heterocycles. The first-order chi connectivity index (χ1) is 4.52. The molecule has 4 heteroatoms. The average molecular weight is 144 g/mol. The first-order valence-corrected chi connectivity index (χ1v) is 3.06. The van der Waals surface area contributed by atoms with E-state index in [1.807, 2.05) is 0 Å². The molecular weight excluding hydrogens is 132 g/mol. The molecular formula is C6H12N2O2. The van der Waals surface area contributed by atoms with Gasteiger partial charge >= 0.3 is 0 Å². The Balaban J connectivity index is 3.53. The highest BCUT2D eigenvalue weighted by Crippen LogP contribution is 1.73. The Morgan fingerprint density at radius 1 is 1.10 bits per heavy atom. The third-order valence-electron chi connectivity index (χ3n) is 0.840. The predicted octanol–water partition coefficient (Wildman–Crippen LogP) is -0.395. The van der Waals surface area contributed by atoms with Gasteiger partial charge in [-0.1, -0.05) is 0 Å². The molecule has 0 aliphatic rings. The first kappa shape index (κ1) is 8.94. The summed E-state index contributed by atoms with van der Waals surface area (Å²) in [5.74, 6) is -0.303. The number of hydrogen-bond donors (Lipinski definition) is 2. The molecule has 0 aromatic rings. The molecule has 0 spiro atoms. The van der Waals surface area contributed by atoms with E-state index in [1.165, 1.54) is 13.8 Å². The molecule has 0 aromatic heterocycles. The Labute approximate surface area is 60.0 Å². The van der Waals surface area contributed by atoms with Gasteiger partial charge in [-0.05, 0) is 6.92 Å². The van der Waals surface area contributed by atoms with E-state index in [-0.39, 0.29) is 18.0 Å². The Morgan fingerprint density at radius 3 is 1.60 bits per heavy atom. The lowest BCUT2D eigenvalue weighted by Crippen LogP contribution is -2.44. The summed E-state index contributed by atoms with van der Waals surface area (Å²) in [5.41, 5.74) is 0. The highest BCUT2D eigenvalue weighted by atomic mass is 16.2. The van der Waals surface area contributed by atoms with Crippen LogP contribution >= 0.6 is 0 Å². The third-order valence-corrected chi connectivity index (χ3v) is 0.840. The zero-order chi connectivity index (χ0) is 8.15. The van der Waals surface area contributed by atoms with Crippen LogP contribution in [0.1, 0.15) is 20.8 Å². The van der Waals surface area contributed by atoms with Crippen molar-refractivity contribution in [3.05, 3.63) is 0 Å². The fraction of sp³-hybridized carbons (Fsp3) is 0.667. The van der Waals surface area contributed by atoms with Gasteiger partial charge in [0, 0.05) is 13.8 Å². The normalized spacial score (nSPS) is 9.20. The van der Waals surface area contributed by atoms with E-state index in [2.05, 4.69) is 10.6 Å². The van der Waals surface area contributed by atoms with Gasteiger partial charge < -0.3 is 10.6 Å². The van der Waals surface area contributed by atoms with Crippen LogP contribution in [0.2, 0.25) is 0 Å². The fourth-order valence-electron chi connectivity index (χ4n) is 0.646. The van der Waals surface area contributed by atoms with Crippen LogP contribution in [0.5, 0.6) is 0 Å². The van der Waals surface area contributed by atoms with Gasteiger partial charge in [0.25, 0.3) is 0 Å². The molecule has 2 amide bonds. The maximum absolute atomic E-state index is 10.4. The maximum atomic E-state index is 10.4. The molecule has 0 atom stereocenters. The second kappa shape index (κ2) is 3.87. The number of amides is 2. The Bertz CT molecular complexity index is 129. The number of rotatable bonds is 2. The maximum Gasteiger partial charge on any atom is 0.218 e. The van der Waals surface area contributed by atoms with Gasteiger partial charge in [0.15, 0.2) is 0 Å². The van der Waals surface area contributed by atoms with Crippen LogP contribution in [0.25, 0.3) is 0 Å². The van der Waals surface area contributed by atoms with Crippen molar-refractivity contribution in [3.63, 3.8) is 0 Å². The third kappa shape index (κ3) is 5.08. The first-order valence-electron chi connectivity index (χ1n) is 3.06. The number of nitrogens with one attached hydrogen (secondary N) is 2. The molecule has 4 nitrogen and oxygen atoms in total. The van der Waals surface area contributed by atoms with E-state index in [4.69, 9.17) is 0 Å². The monoisotopic (exact) mass is 144 g/mol. The van der Waals surface area contributed by atoms with Gasteiger partial charge in [-0.3, -0.25) is 9.59 Å². The van der Waals surface area contributed by atoms with Crippen molar-refractivity contribution < 1.29 is 9.59 Å². The van der Waals surface area contributed by atoms with E-state index in [0.29, 0.717) is 0 Å². The van der Waals surface area contributed by atoms with Crippen LogP contribution in [0.3, 0.4) is 0 Å². The molecule has 0 bridgehead atoms. The van der Waals surface area contributed by atoms with E-state index in [9.17, 15) is 9.59 Å². The average Bonchev–Trinajstić information content (AvgIpc) is 1.58. The van der Waals surface area contributed by atoms with Crippen LogP contribution in [-0.4, -0.2) is 18.0 Å². The highest BCUT2D eigenvalue weighted by Gasteiger charge is 2.01. The highest BCUT2D eigenvalue weighted by molar-refractivity contribution is 5.76. The Hall–Kier alpha value is -1.06. The van der Waals surface area contributed by atoms with Gasteiger partial charge in [0.1, 0.15) is 0 Å². The van der Waals surface area contributed by atoms with E-state index in [1.54, 1.807) is 6.92 Å². The van der Waals surface area contributed by atoms with Crippen molar-refractivity contribution in [2.45, 2.75) is 26.9 Å². The summed E-state index contributed by atoms with van der Waals surface area (Å²) >= 11 is 0. The fourth-order valence-corrected chi connectivity index (χ4v) is 0.646. The topological polar surface area (TPSA) is 58.2 Å². The number of hydrogen-bond acceptors (Lipinski definition) is 2. The largest absolute Gasteiger partial charge is 0.337 e. The van der Waals surface area contributed by atoms with Crippen LogP contribution in [-0.2, 0) is 9.59 Å². The minimum Gasteiger partial charge on any atom is -0.337 e. The van der Waals surface area contributed by atoms with Gasteiger partial charge in [0.2, 0.25) is 11.8 Å². The second-order valence-corrected chi connectivity index (χ2v) is 2.12. The lowest BCUT2D eigenvalue weighted by atomic mass is 10.5. The molecule has 10 heavy (non-hydrogen) atoms. The van der Waals surface area contributed by atoms with Crippen LogP contribution in [0.15, 0.2) is 0 Å². The molecule has 0 saturated carbocycles. The molecule has 0 unspecified atom stereocenters. The molecule has 0 aromatic carbocycles. The Morgan fingerprint density at radius 2 is 1.40 bits per heavy atom. The smallest absolute Gasteiger partial charge is 0.218 e. The lowest BCUT2D eigenvalue weighted by Gasteiger charge is -2.11. The molecule has 0 rings (SSSR count). The summed E-state index contributed by atoms with van der Waals surface area (Å²) in [5, 5.41) is 5.01. The molecule has 58 valence electrons. The lowest BCUT2D eigenvalue weighted by molar-refractivity contribution is -0.121. The number of carbonyl (C=O) groups is 2. The van der Waals surface area contributed by atoms with E-state index >= 15 is 0 Å². The second-order valence-electron chi connectivity index (χ2n) is 2.12. The minimum absolute atomic E-state index is 0.152. The van der Waals surface area contributed by atoms with Gasteiger partial charge in [0.05, 0.1) is 6.17 Å². The summed E-state index contributed by atoms with van der Waals surface area (Å²) in [6.45, 7) is 4.50. The van der Waals surface area contributed by atoms with Crippen LogP contribution < -0.4 is 10.6 Å². The van der Waals surface area contributed by atoms with Crippen LogP contribution in [0, 0.1) is 0 Å². The quantitative estimate of drug-likeness (QED) is 0.518. The number of carbonyl (C=O) groups excluding carboxylic acids is 2.